The first-order chi connectivity index (χ1) is 7.35. The van der Waals surface area contributed by atoms with Gasteiger partial charge in [0.1, 0.15) is 6.61 Å². The van der Waals surface area contributed by atoms with Crippen LogP contribution in [0.2, 0.25) is 0 Å². The van der Waals surface area contributed by atoms with Crippen LogP contribution in [0, 0.1) is 5.41 Å². The zero-order valence-electron chi connectivity index (χ0n) is 9.41. The van der Waals surface area contributed by atoms with E-state index in [1.165, 1.54) is 19.1 Å². The summed E-state index contributed by atoms with van der Waals surface area (Å²) in [6.07, 6.45) is 5.54. The summed E-state index contributed by atoms with van der Waals surface area (Å²) >= 11 is 0. The molecule has 0 aromatic heterocycles. The largest absolute Gasteiger partial charge is 0.493 e. The minimum Gasteiger partial charge on any atom is -0.493 e. The molecule has 0 aliphatic carbocycles. The third-order valence-electron chi connectivity index (χ3n) is 1.85. The van der Waals surface area contributed by atoms with E-state index in [0.29, 0.717) is 13.2 Å². The first-order valence-corrected chi connectivity index (χ1v) is 5.29. The lowest BCUT2D eigenvalue weighted by atomic mass is 10.3. The number of nitrogens with one attached hydrogen (secondary N) is 1. The smallest absolute Gasteiger partial charge is 0.166 e. The van der Waals surface area contributed by atoms with Gasteiger partial charge in [-0.05, 0) is 6.42 Å². The van der Waals surface area contributed by atoms with Crippen LogP contribution >= 0.6 is 0 Å². The predicted molar refractivity (Wildman–Crippen MR) is 60.1 cm³/mol. The van der Waals surface area contributed by atoms with Gasteiger partial charge >= 0.3 is 0 Å². The molecule has 0 aromatic carbocycles. The van der Waals surface area contributed by atoms with Crippen molar-refractivity contribution in [2.24, 2.45) is 0 Å². The van der Waals surface area contributed by atoms with Crippen molar-refractivity contribution in [2.75, 3.05) is 19.8 Å². The van der Waals surface area contributed by atoms with Gasteiger partial charge in [-0.15, -0.1) is 0 Å². The van der Waals surface area contributed by atoms with E-state index in [2.05, 4.69) is 13.5 Å². The molecule has 1 atom stereocenters. The first-order valence-electron chi connectivity index (χ1n) is 5.29. The SMILES string of the molecule is C=COC(COC=N)COCCCCC. The Labute approximate surface area is 91.7 Å². The lowest BCUT2D eigenvalue weighted by molar-refractivity contribution is 0.00131. The van der Waals surface area contributed by atoms with Crippen molar-refractivity contribution >= 4 is 6.40 Å². The van der Waals surface area contributed by atoms with Crippen LogP contribution in [0.5, 0.6) is 0 Å². The number of hydrogen-bond acceptors (Lipinski definition) is 4. The second-order valence-electron chi connectivity index (χ2n) is 3.16. The summed E-state index contributed by atoms with van der Waals surface area (Å²) in [5.74, 6) is 0. The lowest BCUT2D eigenvalue weighted by Crippen LogP contribution is -2.23. The quantitative estimate of drug-likeness (QED) is 0.249. The Morgan fingerprint density at radius 2 is 2.13 bits per heavy atom. The fourth-order valence-corrected chi connectivity index (χ4v) is 1.09. The van der Waals surface area contributed by atoms with Gasteiger partial charge < -0.3 is 14.2 Å². The first kappa shape index (κ1) is 14.0. The van der Waals surface area contributed by atoms with Crippen LogP contribution in [-0.4, -0.2) is 32.3 Å². The zero-order chi connectivity index (χ0) is 11.4. The summed E-state index contributed by atoms with van der Waals surface area (Å²) in [6.45, 7) is 7.17. The van der Waals surface area contributed by atoms with Gasteiger partial charge in [0.25, 0.3) is 0 Å². The van der Waals surface area contributed by atoms with Crippen molar-refractivity contribution in [3.63, 3.8) is 0 Å². The molecule has 0 aliphatic heterocycles. The summed E-state index contributed by atoms with van der Waals surface area (Å²) in [7, 11) is 0. The van der Waals surface area contributed by atoms with E-state index in [-0.39, 0.29) is 6.10 Å². The summed E-state index contributed by atoms with van der Waals surface area (Å²) in [4.78, 5) is 0. The van der Waals surface area contributed by atoms with Crippen molar-refractivity contribution in [2.45, 2.75) is 32.3 Å². The van der Waals surface area contributed by atoms with E-state index < -0.39 is 0 Å². The molecule has 1 N–H and O–H groups in total. The van der Waals surface area contributed by atoms with Crippen molar-refractivity contribution in [3.8, 4) is 0 Å². The molecular weight excluding hydrogens is 194 g/mol. The lowest BCUT2D eigenvalue weighted by Gasteiger charge is -2.15. The summed E-state index contributed by atoms with van der Waals surface area (Å²) < 4.78 is 15.4. The number of hydrogen-bond donors (Lipinski definition) is 1. The molecule has 0 aliphatic rings. The highest BCUT2D eigenvalue weighted by Gasteiger charge is 2.08. The Balaban J connectivity index is 3.46. The van der Waals surface area contributed by atoms with Gasteiger partial charge in [-0.2, -0.15) is 0 Å². The Hall–Kier alpha value is -1.03. The maximum atomic E-state index is 6.73. The molecule has 15 heavy (non-hydrogen) atoms. The highest BCUT2D eigenvalue weighted by Crippen LogP contribution is 1.98. The average molecular weight is 215 g/mol. The molecule has 0 bridgehead atoms. The Morgan fingerprint density at radius 3 is 2.73 bits per heavy atom. The highest BCUT2D eigenvalue weighted by atomic mass is 16.6. The molecule has 88 valence electrons. The van der Waals surface area contributed by atoms with Gasteiger partial charge in [0.15, 0.2) is 12.5 Å². The van der Waals surface area contributed by atoms with Crippen molar-refractivity contribution in [1.29, 1.82) is 5.41 Å². The molecule has 4 heteroatoms. The number of unbranched alkanes of at least 4 members (excludes halogenated alkanes) is 2. The molecule has 0 saturated carbocycles. The van der Waals surface area contributed by atoms with E-state index >= 15 is 0 Å². The van der Waals surface area contributed by atoms with Gasteiger partial charge in [0.2, 0.25) is 0 Å². The number of ether oxygens (including phenoxy) is 3. The normalized spacial score (nSPS) is 11.8. The summed E-state index contributed by atoms with van der Waals surface area (Å²) in [6, 6.07) is 0. The van der Waals surface area contributed by atoms with E-state index in [1.807, 2.05) is 0 Å². The summed E-state index contributed by atoms with van der Waals surface area (Å²) in [5.41, 5.74) is 0. The van der Waals surface area contributed by atoms with Crippen LogP contribution in [0.1, 0.15) is 26.2 Å². The van der Waals surface area contributed by atoms with Gasteiger partial charge in [-0.1, -0.05) is 26.3 Å². The van der Waals surface area contributed by atoms with Gasteiger partial charge in [-0.25, -0.2) is 0 Å². The van der Waals surface area contributed by atoms with Crippen molar-refractivity contribution in [3.05, 3.63) is 12.8 Å². The second kappa shape index (κ2) is 11.0. The van der Waals surface area contributed by atoms with E-state index in [4.69, 9.17) is 19.6 Å². The monoisotopic (exact) mass is 215 g/mol. The van der Waals surface area contributed by atoms with Crippen LogP contribution in [-0.2, 0) is 14.2 Å². The van der Waals surface area contributed by atoms with Crippen LogP contribution in [0.4, 0.5) is 0 Å². The van der Waals surface area contributed by atoms with Gasteiger partial charge in [0, 0.05) is 6.61 Å². The van der Waals surface area contributed by atoms with Crippen LogP contribution in [0.15, 0.2) is 12.8 Å². The molecule has 0 saturated heterocycles. The Kier molecular flexibility index (Phi) is 10.3. The van der Waals surface area contributed by atoms with Gasteiger partial charge in [-0.3, -0.25) is 5.41 Å². The molecule has 0 fully saturated rings. The topological polar surface area (TPSA) is 51.5 Å². The highest BCUT2D eigenvalue weighted by molar-refractivity contribution is 5.40. The molecule has 0 aromatic rings. The molecule has 0 rings (SSSR count). The van der Waals surface area contributed by atoms with E-state index in [1.54, 1.807) is 0 Å². The third-order valence-corrected chi connectivity index (χ3v) is 1.85. The molecular formula is C11H21NO3. The molecule has 0 heterocycles. The Bertz CT molecular complexity index is 162. The second-order valence-corrected chi connectivity index (χ2v) is 3.16. The molecule has 1 unspecified atom stereocenters. The molecule has 0 spiro atoms. The fourth-order valence-electron chi connectivity index (χ4n) is 1.09. The van der Waals surface area contributed by atoms with Gasteiger partial charge in [0.05, 0.1) is 12.9 Å². The maximum Gasteiger partial charge on any atom is 0.166 e. The standard InChI is InChI=1S/C11H21NO3/c1-3-5-6-7-13-8-11(15-4-2)9-14-10-12/h4,10-12H,2-3,5-9H2,1H3. The summed E-state index contributed by atoms with van der Waals surface area (Å²) in [5, 5.41) is 6.73. The predicted octanol–water partition coefficient (Wildman–Crippen LogP) is 2.35. The van der Waals surface area contributed by atoms with E-state index in [9.17, 15) is 0 Å². The minimum atomic E-state index is -0.175. The van der Waals surface area contributed by atoms with Crippen LogP contribution in [0.3, 0.4) is 0 Å². The number of rotatable bonds is 11. The maximum absolute atomic E-state index is 6.73. The molecule has 0 amide bonds. The van der Waals surface area contributed by atoms with Crippen LogP contribution < -0.4 is 0 Å². The third kappa shape index (κ3) is 9.28. The molecule has 4 nitrogen and oxygen atoms in total. The zero-order valence-corrected chi connectivity index (χ0v) is 9.41. The van der Waals surface area contributed by atoms with Crippen LogP contribution in [0.25, 0.3) is 0 Å². The van der Waals surface area contributed by atoms with Crippen molar-refractivity contribution in [1.82, 2.24) is 0 Å². The minimum absolute atomic E-state index is 0.175. The van der Waals surface area contributed by atoms with Crippen molar-refractivity contribution < 1.29 is 14.2 Å². The Morgan fingerprint density at radius 1 is 1.33 bits per heavy atom. The van der Waals surface area contributed by atoms with E-state index in [0.717, 1.165) is 19.4 Å². The average Bonchev–Trinajstić information content (AvgIpc) is 2.25. The fraction of sp³-hybridized carbons (Fsp3) is 0.727. The molecule has 0 radical (unpaired) electrons.